The minimum Gasteiger partial charge on any atom is -0.454 e. The van der Waals surface area contributed by atoms with E-state index in [1.807, 2.05) is 18.2 Å². The largest absolute Gasteiger partial charge is 0.454 e. The average Bonchev–Trinajstić information content (AvgIpc) is 3.31. The number of rotatable bonds is 3. The molecule has 2 aliphatic rings. The van der Waals surface area contributed by atoms with E-state index in [4.69, 9.17) is 14.2 Å². The Kier molecular flexibility index (Phi) is 3.75. The highest BCUT2D eigenvalue weighted by molar-refractivity contribution is 7.22. The van der Waals surface area contributed by atoms with Crippen molar-refractivity contribution in [1.82, 2.24) is 14.5 Å². The van der Waals surface area contributed by atoms with Gasteiger partial charge in [-0.2, -0.15) is 4.98 Å². The van der Waals surface area contributed by atoms with E-state index in [0.29, 0.717) is 35.9 Å². The molecule has 3 aromatic rings. The van der Waals surface area contributed by atoms with Crippen molar-refractivity contribution in [2.75, 3.05) is 38.0 Å². The number of benzene rings is 1. The minimum atomic E-state index is -0.0790. The first-order chi connectivity index (χ1) is 12.8. The van der Waals surface area contributed by atoms with Crippen LogP contribution in [0, 0.1) is 0 Å². The first-order valence-electron chi connectivity index (χ1n) is 8.35. The Morgan fingerprint density at radius 2 is 2.00 bits per heavy atom. The predicted octanol–water partition coefficient (Wildman–Crippen LogP) is 1.47. The van der Waals surface area contributed by atoms with Gasteiger partial charge in [0, 0.05) is 13.1 Å². The van der Waals surface area contributed by atoms with Crippen LogP contribution in [0.1, 0.15) is 5.56 Å². The van der Waals surface area contributed by atoms with Gasteiger partial charge in [-0.3, -0.25) is 9.36 Å². The summed E-state index contributed by atoms with van der Waals surface area (Å²) in [6.45, 7) is 3.58. The first kappa shape index (κ1) is 15.6. The summed E-state index contributed by atoms with van der Waals surface area (Å²) >= 11 is 1.39. The molecule has 1 aromatic carbocycles. The Labute approximate surface area is 152 Å². The maximum Gasteiger partial charge on any atom is 0.273 e. The Balaban J connectivity index is 1.46. The SMILES string of the molecule is O=c1c2sc(N3CCOCC3)nc2ncn1Cc1ccc2c(c1)OCO2. The molecule has 0 aliphatic carbocycles. The molecule has 9 heteroatoms. The second-order valence-corrected chi connectivity index (χ2v) is 7.09. The van der Waals surface area contributed by atoms with Crippen molar-refractivity contribution in [3.8, 4) is 11.5 Å². The van der Waals surface area contributed by atoms with Crippen molar-refractivity contribution in [1.29, 1.82) is 0 Å². The van der Waals surface area contributed by atoms with E-state index >= 15 is 0 Å². The molecule has 0 radical (unpaired) electrons. The minimum absolute atomic E-state index is 0.0790. The molecule has 1 saturated heterocycles. The quantitative estimate of drug-likeness (QED) is 0.689. The lowest BCUT2D eigenvalue weighted by molar-refractivity contribution is 0.122. The van der Waals surface area contributed by atoms with Crippen LogP contribution in [-0.2, 0) is 11.3 Å². The van der Waals surface area contributed by atoms with Gasteiger partial charge in [0.1, 0.15) is 11.0 Å². The number of fused-ring (bicyclic) bond motifs is 2. The average molecular weight is 372 g/mol. The van der Waals surface area contributed by atoms with Crippen LogP contribution >= 0.6 is 11.3 Å². The fourth-order valence-corrected chi connectivity index (χ4v) is 4.09. The fourth-order valence-electron chi connectivity index (χ4n) is 3.07. The molecule has 0 atom stereocenters. The Morgan fingerprint density at radius 3 is 2.88 bits per heavy atom. The highest BCUT2D eigenvalue weighted by Crippen LogP contribution is 2.32. The van der Waals surface area contributed by atoms with Gasteiger partial charge >= 0.3 is 0 Å². The van der Waals surface area contributed by atoms with Crippen LogP contribution < -0.4 is 19.9 Å². The van der Waals surface area contributed by atoms with Crippen LogP contribution in [-0.4, -0.2) is 47.6 Å². The summed E-state index contributed by atoms with van der Waals surface area (Å²) in [5, 5.41) is 0.828. The van der Waals surface area contributed by atoms with Gasteiger partial charge in [0.05, 0.1) is 19.8 Å². The zero-order chi connectivity index (χ0) is 17.5. The topological polar surface area (TPSA) is 78.7 Å². The van der Waals surface area contributed by atoms with Gasteiger partial charge in [-0.15, -0.1) is 0 Å². The lowest BCUT2D eigenvalue weighted by atomic mass is 10.2. The number of hydrogen-bond acceptors (Lipinski definition) is 8. The third kappa shape index (κ3) is 2.69. The third-order valence-corrected chi connectivity index (χ3v) is 5.54. The zero-order valence-electron chi connectivity index (χ0n) is 13.9. The number of hydrogen-bond donors (Lipinski definition) is 0. The van der Waals surface area contributed by atoms with Crippen molar-refractivity contribution in [2.45, 2.75) is 6.54 Å². The summed E-state index contributed by atoms with van der Waals surface area (Å²) < 4.78 is 18.3. The molecule has 2 aromatic heterocycles. The molecule has 0 N–H and O–H groups in total. The maximum absolute atomic E-state index is 12.9. The number of morpholine rings is 1. The van der Waals surface area contributed by atoms with Crippen LogP contribution in [0.15, 0.2) is 29.3 Å². The van der Waals surface area contributed by atoms with E-state index < -0.39 is 0 Å². The van der Waals surface area contributed by atoms with Gasteiger partial charge < -0.3 is 19.1 Å². The molecule has 0 unspecified atom stereocenters. The summed E-state index contributed by atoms with van der Waals surface area (Å²) in [6, 6.07) is 5.68. The second-order valence-electron chi connectivity index (χ2n) is 6.11. The second kappa shape index (κ2) is 6.26. The first-order valence-corrected chi connectivity index (χ1v) is 9.17. The monoisotopic (exact) mass is 372 g/mol. The van der Waals surface area contributed by atoms with Crippen LogP contribution in [0.3, 0.4) is 0 Å². The van der Waals surface area contributed by atoms with Crippen molar-refractivity contribution in [2.24, 2.45) is 0 Å². The molecule has 2 aliphatic heterocycles. The highest BCUT2D eigenvalue weighted by Gasteiger charge is 2.18. The summed E-state index contributed by atoms with van der Waals surface area (Å²) in [5.41, 5.74) is 1.38. The van der Waals surface area contributed by atoms with E-state index in [1.54, 1.807) is 10.9 Å². The van der Waals surface area contributed by atoms with Gasteiger partial charge in [-0.1, -0.05) is 17.4 Å². The molecular weight excluding hydrogens is 356 g/mol. The lowest BCUT2D eigenvalue weighted by Crippen LogP contribution is -2.36. The van der Waals surface area contributed by atoms with Crippen molar-refractivity contribution < 1.29 is 14.2 Å². The number of nitrogens with zero attached hydrogens (tertiary/aromatic N) is 4. The Bertz CT molecular complexity index is 1030. The van der Waals surface area contributed by atoms with Crippen LogP contribution in [0.2, 0.25) is 0 Å². The van der Waals surface area contributed by atoms with E-state index in [0.717, 1.165) is 29.5 Å². The summed E-state index contributed by atoms with van der Waals surface area (Å²) in [4.78, 5) is 23.9. The van der Waals surface area contributed by atoms with E-state index in [9.17, 15) is 4.79 Å². The fraction of sp³-hybridized carbons (Fsp3) is 0.353. The zero-order valence-corrected chi connectivity index (χ0v) is 14.7. The smallest absolute Gasteiger partial charge is 0.273 e. The van der Waals surface area contributed by atoms with Gasteiger partial charge in [-0.05, 0) is 17.7 Å². The molecule has 0 amide bonds. The standard InChI is InChI=1S/C17H16N4O4S/c22-16-14-15(19-17(26-14)20-3-5-23-6-4-20)18-9-21(16)8-11-1-2-12-13(7-11)25-10-24-12/h1-2,7,9H,3-6,8,10H2. The summed E-state index contributed by atoms with van der Waals surface area (Å²) in [5.74, 6) is 1.43. The number of thiazole rings is 1. The van der Waals surface area contributed by atoms with Crippen molar-refractivity contribution >= 4 is 26.8 Å². The Morgan fingerprint density at radius 1 is 1.15 bits per heavy atom. The molecule has 26 heavy (non-hydrogen) atoms. The Hall–Kier alpha value is -2.65. The number of anilines is 1. The molecule has 5 rings (SSSR count). The molecule has 4 heterocycles. The highest BCUT2D eigenvalue weighted by atomic mass is 32.1. The molecule has 8 nitrogen and oxygen atoms in total. The summed E-state index contributed by atoms with van der Waals surface area (Å²) in [7, 11) is 0. The molecule has 0 bridgehead atoms. The number of aromatic nitrogens is 3. The van der Waals surface area contributed by atoms with Crippen LogP contribution in [0.25, 0.3) is 10.3 Å². The number of ether oxygens (including phenoxy) is 3. The third-order valence-electron chi connectivity index (χ3n) is 4.44. The van der Waals surface area contributed by atoms with Gasteiger partial charge in [0.15, 0.2) is 22.3 Å². The van der Waals surface area contributed by atoms with Crippen molar-refractivity contribution in [3.05, 3.63) is 40.4 Å². The molecule has 1 fully saturated rings. The predicted molar refractivity (Wildman–Crippen MR) is 96.4 cm³/mol. The lowest BCUT2D eigenvalue weighted by Gasteiger charge is -2.25. The van der Waals surface area contributed by atoms with Crippen LogP contribution in [0.5, 0.6) is 11.5 Å². The van der Waals surface area contributed by atoms with E-state index in [2.05, 4.69) is 14.9 Å². The normalized spacial score (nSPS) is 16.4. The van der Waals surface area contributed by atoms with Crippen molar-refractivity contribution in [3.63, 3.8) is 0 Å². The summed E-state index contributed by atoms with van der Waals surface area (Å²) in [6.07, 6.45) is 1.55. The maximum atomic E-state index is 12.9. The molecule has 0 saturated carbocycles. The van der Waals surface area contributed by atoms with Crippen LogP contribution in [0.4, 0.5) is 5.13 Å². The van der Waals surface area contributed by atoms with Gasteiger partial charge in [0.2, 0.25) is 6.79 Å². The molecular formula is C17H16N4O4S. The van der Waals surface area contributed by atoms with Gasteiger partial charge in [0.25, 0.3) is 5.56 Å². The van der Waals surface area contributed by atoms with Gasteiger partial charge in [-0.25, -0.2) is 4.98 Å². The van der Waals surface area contributed by atoms with E-state index in [1.165, 1.54) is 11.3 Å². The van der Waals surface area contributed by atoms with E-state index in [-0.39, 0.29) is 12.4 Å². The molecule has 134 valence electrons. The molecule has 0 spiro atoms.